The minimum Gasteiger partial charge on any atom is -1.00 e. The lowest BCUT2D eigenvalue weighted by atomic mass is 10.3. The van der Waals surface area contributed by atoms with Crippen LogP contribution in [0, 0.1) is 0 Å². The number of quaternary nitrogens is 1. The number of carbonyl (C=O) groups is 2. The first-order valence-corrected chi connectivity index (χ1v) is 5.39. The molecule has 0 atom stereocenters. The molecule has 0 aliphatic carbocycles. The summed E-state index contributed by atoms with van der Waals surface area (Å²) in [7, 11) is 3.69. The van der Waals surface area contributed by atoms with Crippen LogP contribution in [0.1, 0.15) is 6.92 Å². The van der Waals surface area contributed by atoms with Crippen LogP contribution in [0.15, 0.2) is 4.99 Å². The number of carbonyl (C=O) groups excluding carboxylic acids is 2. The third-order valence-corrected chi connectivity index (χ3v) is 2.09. The number of hydrogen-bond donors (Lipinski definition) is 0. The highest BCUT2D eigenvalue weighted by Gasteiger charge is 2.25. The average molecular weight is 325 g/mol. The van der Waals surface area contributed by atoms with Gasteiger partial charge in [-0.1, -0.05) is 0 Å². The second-order valence-electron chi connectivity index (χ2n) is 3.93. The topological polar surface area (TPSA) is 55.7 Å². The molecular formula is C10H17BrN2O3S. The van der Waals surface area contributed by atoms with Crippen molar-refractivity contribution in [3.63, 3.8) is 0 Å². The first-order chi connectivity index (χ1) is 7.43. The van der Waals surface area contributed by atoms with E-state index < -0.39 is 11.8 Å². The summed E-state index contributed by atoms with van der Waals surface area (Å²) in [5.41, 5.74) is 0. The molecule has 17 heavy (non-hydrogen) atoms. The molecule has 5 nitrogen and oxygen atoms in total. The minimum atomic E-state index is -0.771. The van der Waals surface area contributed by atoms with E-state index in [4.69, 9.17) is 0 Å². The molecule has 0 spiro atoms. The van der Waals surface area contributed by atoms with Gasteiger partial charge in [0.05, 0.1) is 39.0 Å². The fourth-order valence-electron chi connectivity index (χ4n) is 1.11. The Morgan fingerprint density at radius 2 is 2.00 bits per heavy atom. The number of likely N-dealkylation sites (N-methyl/N-ethyl adjacent to an activating group) is 1. The fourth-order valence-corrected chi connectivity index (χ4v) is 1.20. The van der Waals surface area contributed by atoms with Gasteiger partial charge >= 0.3 is 5.97 Å². The van der Waals surface area contributed by atoms with Gasteiger partial charge in [-0.25, -0.2) is 9.79 Å². The highest BCUT2D eigenvalue weighted by Crippen LogP contribution is 1.98. The number of ketones is 1. The lowest BCUT2D eigenvalue weighted by Gasteiger charge is -2.27. The van der Waals surface area contributed by atoms with Crippen molar-refractivity contribution in [3.8, 4) is 0 Å². The van der Waals surface area contributed by atoms with Crippen LogP contribution in [0.2, 0.25) is 0 Å². The Kier molecular flexibility index (Phi) is 10.4. The van der Waals surface area contributed by atoms with E-state index in [0.29, 0.717) is 17.6 Å². The molecule has 98 valence electrons. The summed E-state index contributed by atoms with van der Waals surface area (Å²) < 4.78 is 5.00. The van der Waals surface area contributed by atoms with Crippen LogP contribution < -0.4 is 17.0 Å². The molecule has 0 aliphatic rings. The molecule has 0 aromatic rings. The molecule has 0 N–H and O–H groups in total. The van der Waals surface area contributed by atoms with Crippen molar-refractivity contribution in [2.75, 3.05) is 40.3 Å². The molecule has 0 radical (unpaired) electrons. The number of Topliss-reactive ketones (excluding diaryl/α,β-unsaturated/α-hetero) is 1. The number of halogens is 1. The molecular weight excluding hydrogens is 308 g/mol. The number of esters is 1. The number of ether oxygens (including phenoxy) is 1. The standard InChI is InChI=1S/C10H17N2O3S.BrH/c1-4-15-10(14)9(13)7-12(2,3)6-5-11-8-16;/h4-7H2,1-3H3;1H/q+1;/p-1. The summed E-state index contributed by atoms with van der Waals surface area (Å²) in [4.78, 5) is 26.3. The highest BCUT2D eigenvalue weighted by atomic mass is 79.9. The van der Waals surface area contributed by atoms with E-state index in [9.17, 15) is 9.59 Å². The van der Waals surface area contributed by atoms with Crippen molar-refractivity contribution >= 4 is 29.1 Å². The van der Waals surface area contributed by atoms with Crippen LogP contribution in [0.3, 0.4) is 0 Å². The minimum absolute atomic E-state index is 0. The van der Waals surface area contributed by atoms with Gasteiger partial charge in [-0.2, -0.15) is 0 Å². The van der Waals surface area contributed by atoms with Crippen LogP contribution in [-0.2, 0) is 14.3 Å². The van der Waals surface area contributed by atoms with Gasteiger partial charge in [0.2, 0.25) is 0 Å². The second kappa shape index (κ2) is 9.41. The van der Waals surface area contributed by atoms with Gasteiger partial charge in [0, 0.05) is 0 Å². The fraction of sp³-hybridized carbons (Fsp3) is 0.700. The summed E-state index contributed by atoms with van der Waals surface area (Å²) in [6.07, 6.45) is 0. The Hall–Kier alpha value is -0.620. The maximum Gasteiger partial charge on any atom is 0.380 e. The smallest absolute Gasteiger partial charge is 0.380 e. The molecule has 0 saturated heterocycles. The largest absolute Gasteiger partial charge is 1.00 e. The Morgan fingerprint density at radius 1 is 1.41 bits per heavy atom. The zero-order valence-corrected chi connectivity index (χ0v) is 12.6. The lowest BCUT2D eigenvalue weighted by Crippen LogP contribution is -3.00. The van der Waals surface area contributed by atoms with Crippen LogP contribution in [0.5, 0.6) is 0 Å². The summed E-state index contributed by atoms with van der Waals surface area (Å²) in [6, 6.07) is 0. The van der Waals surface area contributed by atoms with E-state index in [0.717, 1.165) is 0 Å². The van der Waals surface area contributed by atoms with E-state index in [1.54, 1.807) is 6.92 Å². The normalized spacial score (nSPS) is 9.82. The molecule has 0 rings (SSSR count). The number of rotatable bonds is 7. The van der Waals surface area contributed by atoms with Gasteiger partial charge in [0.25, 0.3) is 5.78 Å². The molecule has 0 aromatic carbocycles. The quantitative estimate of drug-likeness (QED) is 0.168. The van der Waals surface area contributed by atoms with E-state index in [-0.39, 0.29) is 30.1 Å². The molecule has 0 aromatic heterocycles. The van der Waals surface area contributed by atoms with E-state index in [2.05, 4.69) is 27.1 Å². The number of hydrogen-bond acceptors (Lipinski definition) is 5. The average Bonchev–Trinajstić information content (AvgIpc) is 2.17. The maximum absolute atomic E-state index is 11.4. The number of aliphatic imine (C=N–C) groups is 1. The highest BCUT2D eigenvalue weighted by molar-refractivity contribution is 7.78. The van der Waals surface area contributed by atoms with Crippen molar-refractivity contribution in [2.24, 2.45) is 4.99 Å². The first kappa shape index (κ1) is 18.7. The molecule has 0 saturated carbocycles. The summed E-state index contributed by atoms with van der Waals surface area (Å²) >= 11 is 4.44. The van der Waals surface area contributed by atoms with E-state index >= 15 is 0 Å². The van der Waals surface area contributed by atoms with Crippen molar-refractivity contribution in [1.29, 1.82) is 0 Å². The Balaban J connectivity index is 0. The zero-order chi connectivity index (χ0) is 12.6. The maximum atomic E-state index is 11.4. The van der Waals surface area contributed by atoms with Gasteiger partial charge in [0.15, 0.2) is 0 Å². The van der Waals surface area contributed by atoms with Crippen molar-refractivity contribution in [1.82, 2.24) is 0 Å². The summed E-state index contributed by atoms with van der Waals surface area (Å²) in [5, 5.41) is 2.26. The molecule has 0 heterocycles. The Morgan fingerprint density at radius 3 is 2.47 bits per heavy atom. The molecule has 0 bridgehead atoms. The number of isothiocyanates is 1. The van der Waals surface area contributed by atoms with E-state index in [1.807, 2.05) is 14.1 Å². The first-order valence-electron chi connectivity index (χ1n) is 4.98. The SMILES string of the molecule is CCOC(=O)C(=O)C[N+](C)(C)CCN=C=S.[Br-]. The molecule has 7 heteroatoms. The third-order valence-electron chi connectivity index (χ3n) is 1.96. The number of nitrogens with zero attached hydrogens (tertiary/aromatic N) is 2. The van der Waals surface area contributed by atoms with Gasteiger partial charge in [-0.3, -0.25) is 4.79 Å². The van der Waals surface area contributed by atoms with Gasteiger partial charge in [-0.05, 0) is 19.1 Å². The van der Waals surface area contributed by atoms with Crippen LogP contribution in [-0.4, -0.2) is 61.7 Å². The summed E-state index contributed by atoms with van der Waals surface area (Å²) in [5.74, 6) is -1.29. The monoisotopic (exact) mass is 324 g/mol. The van der Waals surface area contributed by atoms with Crippen molar-refractivity contribution < 1.29 is 35.8 Å². The lowest BCUT2D eigenvalue weighted by molar-refractivity contribution is -0.880. The van der Waals surface area contributed by atoms with Crippen LogP contribution in [0.4, 0.5) is 0 Å². The van der Waals surface area contributed by atoms with Gasteiger partial charge in [-0.15, -0.1) is 0 Å². The predicted molar refractivity (Wildman–Crippen MR) is 63.4 cm³/mol. The summed E-state index contributed by atoms with van der Waals surface area (Å²) in [6.45, 7) is 3.10. The molecule has 0 unspecified atom stereocenters. The third kappa shape index (κ3) is 9.12. The zero-order valence-electron chi connectivity index (χ0n) is 10.2. The van der Waals surface area contributed by atoms with Crippen molar-refractivity contribution in [2.45, 2.75) is 6.92 Å². The van der Waals surface area contributed by atoms with Crippen LogP contribution >= 0.6 is 12.2 Å². The van der Waals surface area contributed by atoms with Crippen LogP contribution in [0.25, 0.3) is 0 Å². The Bertz CT molecular complexity index is 315. The van der Waals surface area contributed by atoms with E-state index in [1.165, 1.54) is 0 Å². The van der Waals surface area contributed by atoms with Gasteiger partial charge in [0.1, 0.15) is 6.54 Å². The van der Waals surface area contributed by atoms with Crippen molar-refractivity contribution in [3.05, 3.63) is 0 Å². The van der Waals surface area contributed by atoms with Gasteiger partial charge < -0.3 is 26.2 Å². The molecule has 0 fully saturated rings. The second-order valence-corrected chi connectivity index (χ2v) is 4.12. The Labute approximate surface area is 117 Å². The molecule has 0 aliphatic heterocycles. The molecule has 0 amide bonds. The predicted octanol–water partition coefficient (Wildman–Crippen LogP) is -2.70. The number of thiocarbonyl (C=S) groups is 1.